The number of hydrogen-bond donors (Lipinski definition) is 1. The van der Waals surface area contributed by atoms with Crippen LogP contribution in [0.15, 0.2) is 24.3 Å². The SMILES string of the molecule is CN1C(=O)OCC1Cc1cccc(N)c1. The van der Waals surface area contributed by atoms with Gasteiger partial charge in [-0.1, -0.05) is 12.1 Å². The van der Waals surface area contributed by atoms with Gasteiger partial charge in [0, 0.05) is 12.7 Å². The van der Waals surface area contributed by atoms with Gasteiger partial charge in [-0.2, -0.15) is 0 Å². The molecule has 1 saturated heterocycles. The predicted octanol–water partition coefficient (Wildman–Crippen LogP) is 1.26. The summed E-state index contributed by atoms with van der Waals surface area (Å²) >= 11 is 0. The molecule has 0 saturated carbocycles. The van der Waals surface area contributed by atoms with Gasteiger partial charge in [0.15, 0.2) is 0 Å². The molecule has 2 rings (SSSR count). The van der Waals surface area contributed by atoms with E-state index in [1.54, 1.807) is 11.9 Å². The number of nitrogens with two attached hydrogens (primary N) is 1. The molecule has 15 heavy (non-hydrogen) atoms. The lowest BCUT2D eigenvalue weighted by Crippen LogP contribution is -2.31. The summed E-state index contributed by atoms with van der Waals surface area (Å²) in [7, 11) is 1.76. The Morgan fingerprint density at radius 2 is 2.40 bits per heavy atom. The van der Waals surface area contributed by atoms with Crippen molar-refractivity contribution >= 4 is 11.8 Å². The van der Waals surface area contributed by atoms with Crippen molar-refractivity contribution in [2.24, 2.45) is 0 Å². The van der Waals surface area contributed by atoms with Crippen LogP contribution in [-0.2, 0) is 11.2 Å². The molecule has 0 aliphatic carbocycles. The maximum Gasteiger partial charge on any atom is 0.409 e. The first-order valence-electron chi connectivity index (χ1n) is 4.91. The van der Waals surface area contributed by atoms with Crippen LogP contribution in [0.2, 0.25) is 0 Å². The summed E-state index contributed by atoms with van der Waals surface area (Å²) in [6.45, 7) is 0.462. The average Bonchev–Trinajstić information content (AvgIpc) is 2.50. The van der Waals surface area contributed by atoms with Crippen molar-refractivity contribution in [3.8, 4) is 0 Å². The standard InChI is InChI=1S/C11H14N2O2/c1-13-10(7-15-11(13)14)6-8-3-2-4-9(12)5-8/h2-5,10H,6-7,12H2,1H3. The molecule has 1 amide bonds. The van der Waals surface area contributed by atoms with Gasteiger partial charge in [-0.15, -0.1) is 0 Å². The molecule has 1 unspecified atom stereocenters. The molecule has 0 aromatic heterocycles. The molecule has 1 heterocycles. The highest BCUT2D eigenvalue weighted by Crippen LogP contribution is 2.16. The highest BCUT2D eigenvalue weighted by atomic mass is 16.6. The second-order valence-electron chi connectivity index (χ2n) is 3.79. The molecule has 4 nitrogen and oxygen atoms in total. The Morgan fingerprint density at radius 3 is 3.00 bits per heavy atom. The maximum absolute atomic E-state index is 11.1. The lowest BCUT2D eigenvalue weighted by molar-refractivity contribution is 0.163. The van der Waals surface area contributed by atoms with Gasteiger partial charge < -0.3 is 15.4 Å². The third-order valence-electron chi connectivity index (χ3n) is 2.66. The van der Waals surface area contributed by atoms with E-state index in [9.17, 15) is 4.79 Å². The Hall–Kier alpha value is -1.71. The molecule has 0 radical (unpaired) electrons. The molecule has 1 aromatic carbocycles. The van der Waals surface area contributed by atoms with Gasteiger partial charge in [0.1, 0.15) is 6.61 Å². The number of rotatable bonds is 2. The fraction of sp³-hybridized carbons (Fsp3) is 0.364. The average molecular weight is 206 g/mol. The molecule has 1 aliphatic rings. The molecule has 1 atom stereocenters. The Labute approximate surface area is 88.6 Å². The Morgan fingerprint density at radius 1 is 1.60 bits per heavy atom. The molecule has 0 spiro atoms. The summed E-state index contributed by atoms with van der Waals surface area (Å²) in [5.74, 6) is 0. The van der Waals surface area contributed by atoms with Gasteiger partial charge in [-0.05, 0) is 24.1 Å². The number of benzene rings is 1. The van der Waals surface area contributed by atoms with Crippen LogP contribution < -0.4 is 5.73 Å². The van der Waals surface area contributed by atoms with Crippen molar-refractivity contribution in [2.45, 2.75) is 12.5 Å². The smallest absolute Gasteiger partial charge is 0.409 e. The second-order valence-corrected chi connectivity index (χ2v) is 3.79. The number of cyclic esters (lactones) is 1. The van der Waals surface area contributed by atoms with Gasteiger partial charge in [0.05, 0.1) is 6.04 Å². The zero-order valence-corrected chi connectivity index (χ0v) is 8.64. The molecule has 1 fully saturated rings. The molecule has 1 aromatic rings. The highest BCUT2D eigenvalue weighted by Gasteiger charge is 2.29. The van der Waals surface area contributed by atoms with E-state index in [1.807, 2.05) is 24.3 Å². The second kappa shape index (κ2) is 3.81. The van der Waals surface area contributed by atoms with E-state index < -0.39 is 0 Å². The van der Waals surface area contributed by atoms with E-state index >= 15 is 0 Å². The topological polar surface area (TPSA) is 55.6 Å². The van der Waals surface area contributed by atoms with Gasteiger partial charge >= 0.3 is 6.09 Å². The normalized spacial score (nSPS) is 20.5. The van der Waals surface area contributed by atoms with E-state index in [0.717, 1.165) is 17.7 Å². The number of carbonyl (C=O) groups is 1. The molecule has 2 N–H and O–H groups in total. The van der Waals surface area contributed by atoms with Gasteiger partial charge in [0.2, 0.25) is 0 Å². The van der Waals surface area contributed by atoms with Crippen LogP contribution in [0.1, 0.15) is 5.56 Å². The third-order valence-corrected chi connectivity index (χ3v) is 2.66. The lowest BCUT2D eigenvalue weighted by atomic mass is 10.1. The van der Waals surface area contributed by atoms with Crippen LogP contribution in [-0.4, -0.2) is 30.7 Å². The van der Waals surface area contributed by atoms with Gasteiger partial charge in [-0.25, -0.2) is 4.79 Å². The molecule has 80 valence electrons. The molecule has 0 bridgehead atoms. The summed E-state index contributed by atoms with van der Waals surface area (Å²) in [6, 6.07) is 7.83. The van der Waals surface area contributed by atoms with Gasteiger partial charge in [0.25, 0.3) is 0 Å². The van der Waals surface area contributed by atoms with Crippen LogP contribution in [0.4, 0.5) is 10.5 Å². The van der Waals surface area contributed by atoms with Crippen molar-refractivity contribution in [3.63, 3.8) is 0 Å². The Bertz CT molecular complexity index is 379. The Balaban J connectivity index is 2.06. The highest BCUT2D eigenvalue weighted by molar-refractivity contribution is 5.69. The number of hydrogen-bond acceptors (Lipinski definition) is 3. The lowest BCUT2D eigenvalue weighted by Gasteiger charge is -2.15. The quantitative estimate of drug-likeness (QED) is 0.741. The van der Waals surface area contributed by atoms with Crippen LogP contribution in [0.5, 0.6) is 0 Å². The van der Waals surface area contributed by atoms with Crippen molar-refractivity contribution < 1.29 is 9.53 Å². The van der Waals surface area contributed by atoms with Crippen molar-refractivity contribution in [3.05, 3.63) is 29.8 Å². The maximum atomic E-state index is 11.1. The van der Waals surface area contributed by atoms with Crippen LogP contribution in [0.25, 0.3) is 0 Å². The van der Waals surface area contributed by atoms with Crippen LogP contribution >= 0.6 is 0 Å². The van der Waals surface area contributed by atoms with E-state index in [-0.39, 0.29) is 12.1 Å². The Kier molecular flexibility index (Phi) is 2.49. The number of likely N-dealkylation sites (N-methyl/N-ethyl adjacent to an activating group) is 1. The molecule has 4 heteroatoms. The summed E-state index contributed by atoms with van der Waals surface area (Å²) in [6.07, 6.45) is 0.539. The zero-order chi connectivity index (χ0) is 10.8. The van der Waals surface area contributed by atoms with E-state index in [4.69, 9.17) is 10.5 Å². The van der Waals surface area contributed by atoms with E-state index in [0.29, 0.717) is 6.61 Å². The summed E-state index contributed by atoms with van der Waals surface area (Å²) in [5.41, 5.74) is 7.56. The number of carbonyl (C=O) groups excluding carboxylic acids is 1. The summed E-state index contributed by atoms with van der Waals surface area (Å²) in [5, 5.41) is 0. The summed E-state index contributed by atoms with van der Waals surface area (Å²) < 4.78 is 4.94. The molecular weight excluding hydrogens is 192 g/mol. The predicted molar refractivity (Wildman–Crippen MR) is 57.5 cm³/mol. The fourth-order valence-electron chi connectivity index (χ4n) is 1.72. The van der Waals surface area contributed by atoms with Crippen LogP contribution in [0.3, 0.4) is 0 Å². The number of nitrogen functional groups attached to an aromatic ring is 1. The minimum atomic E-state index is -0.246. The van der Waals surface area contributed by atoms with Gasteiger partial charge in [-0.3, -0.25) is 0 Å². The minimum Gasteiger partial charge on any atom is -0.447 e. The van der Waals surface area contributed by atoms with E-state index in [2.05, 4.69) is 0 Å². The summed E-state index contributed by atoms with van der Waals surface area (Å²) in [4.78, 5) is 12.7. The van der Waals surface area contributed by atoms with Crippen LogP contribution in [0, 0.1) is 0 Å². The van der Waals surface area contributed by atoms with Crippen molar-refractivity contribution in [1.29, 1.82) is 0 Å². The number of nitrogens with zero attached hydrogens (tertiary/aromatic N) is 1. The number of amides is 1. The van der Waals surface area contributed by atoms with Crippen molar-refractivity contribution in [2.75, 3.05) is 19.4 Å². The monoisotopic (exact) mass is 206 g/mol. The first-order chi connectivity index (χ1) is 7.16. The first kappa shape index (κ1) is 9.83. The molecule has 1 aliphatic heterocycles. The van der Waals surface area contributed by atoms with E-state index in [1.165, 1.54) is 0 Å². The fourth-order valence-corrected chi connectivity index (χ4v) is 1.72. The van der Waals surface area contributed by atoms with Crippen molar-refractivity contribution in [1.82, 2.24) is 4.90 Å². The molecular formula is C11H14N2O2. The minimum absolute atomic E-state index is 0.124. The zero-order valence-electron chi connectivity index (χ0n) is 8.64. The first-order valence-corrected chi connectivity index (χ1v) is 4.91. The largest absolute Gasteiger partial charge is 0.447 e. The number of anilines is 1. The third kappa shape index (κ3) is 2.03. The number of ether oxygens (including phenoxy) is 1.